The maximum absolute atomic E-state index is 5.78. The van der Waals surface area contributed by atoms with Crippen LogP contribution in [0.1, 0.15) is 12.8 Å². The van der Waals surface area contributed by atoms with Crippen LogP contribution in [-0.4, -0.2) is 43.7 Å². The number of nitrogens with two attached hydrogens (primary N) is 1. The van der Waals surface area contributed by atoms with E-state index in [-0.39, 0.29) is 0 Å². The van der Waals surface area contributed by atoms with Gasteiger partial charge in [-0.25, -0.2) is 0 Å². The van der Waals surface area contributed by atoms with Crippen molar-refractivity contribution in [2.75, 3.05) is 37.6 Å². The van der Waals surface area contributed by atoms with Gasteiger partial charge in [0.1, 0.15) is 0 Å². The van der Waals surface area contributed by atoms with E-state index in [0.717, 1.165) is 18.5 Å². The zero-order chi connectivity index (χ0) is 12.4. The number of hydrogen-bond donors (Lipinski definition) is 1. The van der Waals surface area contributed by atoms with Gasteiger partial charge in [0.25, 0.3) is 0 Å². The molecule has 2 unspecified atom stereocenters. The van der Waals surface area contributed by atoms with Gasteiger partial charge in [-0.3, -0.25) is 4.90 Å². The predicted octanol–water partition coefficient (Wildman–Crippen LogP) is 1.55. The monoisotopic (exact) mass is 245 g/mol. The van der Waals surface area contributed by atoms with Gasteiger partial charge in [-0.1, -0.05) is 18.2 Å². The Morgan fingerprint density at radius 2 is 1.89 bits per heavy atom. The van der Waals surface area contributed by atoms with Crippen LogP contribution in [0.25, 0.3) is 0 Å². The van der Waals surface area contributed by atoms with Crippen molar-refractivity contribution in [3.8, 4) is 0 Å². The van der Waals surface area contributed by atoms with Crippen LogP contribution in [0.4, 0.5) is 5.69 Å². The molecule has 2 aliphatic heterocycles. The van der Waals surface area contributed by atoms with E-state index < -0.39 is 0 Å². The van der Waals surface area contributed by atoms with Crippen LogP contribution < -0.4 is 10.6 Å². The zero-order valence-electron chi connectivity index (χ0n) is 11.0. The van der Waals surface area contributed by atoms with Gasteiger partial charge in [-0.05, 0) is 44.0 Å². The fraction of sp³-hybridized carbons (Fsp3) is 0.600. The Morgan fingerprint density at radius 1 is 1.06 bits per heavy atom. The minimum atomic E-state index is 0.732. The Balaban J connectivity index is 1.59. The molecule has 2 aliphatic rings. The molecule has 3 nitrogen and oxygen atoms in total. The highest BCUT2D eigenvalue weighted by atomic mass is 15.3. The van der Waals surface area contributed by atoms with Gasteiger partial charge >= 0.3 is 0 Å². The van der Waals surface area contributed by atoms with Crippen molar-refractivity contribution in [3.63, 3.8) is 0 Å². The molecule has 0 spiro atoms. The fourth-order valence-corrected chi connectivity index (χ4v) is 3.30. The van der Waals surface area contributed by atoms with Gasteiger partial charge in [-0.15, -0.1) is 0 Å². The lowest BCUT2D eigenvalue weighted by Crippen LogP contribution is -2.36. The van der Waals surface area contributed by atoms with Gasteiger partial charge < -0.3 is 10.6 Å². The summed E-state index contributed by atoms with van der Waals surface area (Å²) >= 11 is 0. The summed E-state index contributed by atoms with van der Waals surface area (Å²) in [6.07, 6.45) is 2.59. The van der Waals surface area contributed by atoms with E-state index in [4.69, 9.17) is 5.73 Å². The van der Waals surface area contributed by atoms with Gasteiger partial charge in [-0.2, -0.15) is 0 Å². The Labute approximate surface area is 110 Å². The molecule has 2 heterocycles. The second-order valence-electron chi connectivity index (χ2n) is 5.61. The Kier molecular flexibility index (Phi) is 3.52. The summed E-state index contributed by atoms with van der Waals surface area (Å²) in [6.45, 7) is 5.68. The van der Waals surface area contributed by atoms with Gasteiger partial charge in [0, 0.05) is 31.4 Å². The number of hydrogen-bond acceptors (Lipinski definition) is 3. The summed E-state index contributed by atoms with van der Waals surface area (Å²) < 4.78 is 0. The molecule has 3 rings (SSSR count). The third kappa shape index (κ3) is 2.38. The van der Waals surface area contributed by atoms with Crippen molar-refractivity contribution in [2.45, 2.75) is 18.9 Å². The third-order valence-electron chi connectivity index (χ3n) is 4.45. The quantitative estimate of drug-likeness (QED) is 0.877. The highest BCUT2D eigenvalue weighted by molar-refractivity contribution is 5.47. The van der Waals surface area contributed by atoms with Crippen LogP contribution in [-0.2, 0) is 0 Å². The minimum absolute atomic E-state index is 0.732. The number of benzene rings is 1. The first-order valence-electron chi connectivity index (χ1n) is 7.11. The molecule has 2 atom stereocenters. The molecule has 2 fully saturated rings. The summed E-state index contributed by atoms with van der Waals surface area (Å²) in [6, 6.07) is 11.5. The molecular formula is C15H23N3. The molecule has 98 valence electrons. The van der Waals surface area contributed by atoms with E-state index in [9.17, 15) is 0 Å². The summed E-state index contributed by atoms with van der Waals surface area (Å²) in [5, 5.41) is 0. The first kappa shape index (κ1) is 12.0. The number of rotatable bonds is 3. The minimum Gasteiger partial charge on any atom is -0.370 e. The molecule has 3 heteroatoms. The SMILES string of the molecule is NCC1CCN(C2CCN(c3ccccc3)C2)C1. The van der Waals surface area contributed by atoms with Crippen LogP contribution in [0, 0.1) is 5.92 Å². The largest absolute Gasteiger partial charge is 0.370 e. The predicted molar refractivity (Wildman–Crippen MR) is 75.8 cm³/mol. The molecule has 18 heavy (non-hydrogen) atoms. The second-order valence-corrected chi connectivity index (χ2v) is 5.61. The smallest absolute Gasteiger partial charge is 0.0366 e. The third-order valence-corrected chi connectivity index (χ3v) is 4.45. The standard InChI is InChI=1S/C15H23N3/c16-10-13-6-8-17(11-13)15-7-9-18(12-15)14-4-2-1-3-5-14/h1-5,13,15H,6-12,16H2. The van der Waals surface area contributed by atoms with E-state index in [1.165, 1.54) is 44.7 Å². The molecular weight excluding hydrogens is 222 g/mol. The molecule has 0 radical (unpaired) electrons. The summed E-state index contributed by atoms with van der Waals surface area (Å²) in [5.74, 6) is 0.732. The number of anilines is 1. The average molecular weight is 245 g/mol. The van der Waals surface area contributed by atoms with Gasteiger partial charge in [0.15, 0.2) is 0 Å². The van der Waals surface area contributed by atoms with E-state index in [1.54, 1.807) is 0 Å². The molecule has 2 N–H and O–H groups in total. The van der Waals surface area contributed by atoms with Crippen molar-refractivity contribution < 1.29 is 0 Å². The van der Waals surface area contributed by atoms with Crippen LogP contribution >= 0.6 is 0 Å². The number of likely N-dealkylation sites (tertiary alicyclic amines) is 1. The molecule has 0 aromatic heterocycles. The van der Waals surface area contributed by atoms with Crippen molar-refractivity contribution in [2.24, 2.45) is 11.7 Å². The highest BCUT2D eigenvalue weighted by Gasteiger charge is 2.32. The molecule has 0 bridgehead atoms. The van der Waals surface area contributed by atoms with E-state index in [1.807, 2.05) is 0 Å². The molecule has 0 amide bonds. The number of para-hydroxylation sites is 1. The van der Waals surface area contributed by atoms with Crippen molar-refractivity contribution in [1.82, 2.24) is 4.90 Å². The Bertz CT molecular complexity index is 379. The van der Waals surface area contributed by atoms with E-state index in [2.05, 4.69) is 40.1 Å². The van der Waals surface area contributed by atoms with E-state index in [0.29, 0.717) is 0 Å². The Hall–Kier alpha value is -1.06. The number of nitrogens with zero attached hydrogens (tertiary/aromatic N) is 2. The van der Waals surface area contributed by atoms with Crippen LogP contribution in [0.3, 0.4) is 0 Å². The van der Waals surface area contributed by atoms with Gasteiger partial charge in [0.05, 0.1) is 0 Å². The normalized spacial score (nSPS) is 29.1. The summed E-state index contributed by atoms with van der Waals surface area (Å²) in [5.41, 5.74) is 7.15. The molecule has 1 aromatic carbocycles. The molecule has 1 aromatic rings. The fourth-order valence-electron chi connectivity index (χ4n) is 3.30. The van der Waals surface area contributed by atoms with Crippen LogP contribution in [0.5, 0.6) is 0 Å². The second kappa shape index (κ2) is 5.29. The van der Waals surface area contributed by atoms with Crippen molar-refractivity contribution in [3.05, 3.63) is 30.3 Å². The van der Waals surface area contributed by atoms with Crippen molar-refractivity contribution in [1.29, 1.82) is 0 Å². The highest BCUT2D eigenvalue weighted by Crippen LogP contribution is 2.26. The van der Waals surface area contributed by atoms with Crippen molar-refractivity contribution >= 4 is 5.69 Å². The maximum atomic E-state index is 5.78. The lowest BCUT2D eigenvalue weighted by molar-refractivity contribution is 0.251. The zero-order valence-corrected chi connectivity index (χ0v) is 11.0. The first-order chi connectivity index (χ1) is 8.86. The Morgan fingerprint density at radius 3 is 2.61 bits per heavy atom. The average Bonchev–Trinajstić information content (AvgIpc) is 3.08. The van der Waals surface area contributed by atoms with Gasteiger partial charge in [0.2, 0.25) is 0 Å². The lowest BCUT2D eigenvalue weighted by Gasteiger charge is -2.25. The first-order valence-corrected chi connectivity index (χ1v) is 7.11. The topological polar surface area (TPSA) is 32.5 Å². The molecule has 0 saturated carbocycles. The summed E-state index contributed by atoms with van der Waals surface area (Å²) in [4.78, 5) is 5.17. The van der Waals surface area contributed by atoms with Crippen LogP contribution in [0.15, 0.2) is 30.3 Å². The van der Waals surface area contributed by atoms with Crippen LogP contribution in [0.2, 0.25) is 0 Å². The molecule has 0 aliphatic carbocycles. The maximum Gasteiger partial charge on any atom is 0.0366 e. The lowest BCUT2D eigenvalue weighted by atomic mass is 10.1. The summed E-state index contributed by atoms with van der Waals surface area (Å²) in [7, 11) is 0. The molecule has 2 saturated heterocycles. The van der Waals surface area contributed by atoms with E-state index >= 15 is 0 Å².